The molecule has 2 rings (SSSR count). The second-order valence-electron chi connectivity index (χ2n) is 4.61. The lowest BCUT2D eigenvalue weighted by Crippen LogP contribution is -2.29. The largest absolute Gasteiger partial charge is 0.494 e. The van der Waals surface area contributed by atoms with Crippen LogP contribution in [-0.4, -0.2) is 7.11 Å². The van der Waals surface area contributed by atoms with Crippen LogP contribution in [0.4, 0.5) is 4.39 Å². The molecule has 0 bridgehead atoms. The van der Waals surface area contributed by atoms with Crippen molar-refractivity contribution in [3.63, 3.8) is 0 Å². The van der Waals surface area contributed by atoms with E-state index in [1.807, 2.05) is 18.2 Å². The van der Waals surface area contributed by atoms with Crippen molar-refractivity contribution >= 4 is 0 Å². The molecular formula is C16H19FN2O. The SMILES string of the molecule is COc1cccc(C(CCc2ccccc2)NN)c1F. The summed E-state index contributed by atoms with van der Waals surface area (Å²) in [6, 6.07) is 14.9. The lowest BCUT2D eigenvalue weighted by Gasteiger charge is -2.18. The van der Waals surface area contributed by atoms with E-state index in [4.69, 9.17) is 10.6 Å². The molecule has 0 aliphatic rings. The molecule has 0 radical (unpaired) electrons. The normalized spacial score (nSPS) is 12.2. The maximum absolute atomic E-state index is 14.2. The molecular weight excluding hydrogens is 255 g/mol. The van der Waals surface area contributed by atoms with E-state index in [1.54, 1.807) is 18.2 Å². The molecule has 2 aromatic carbocycles. The van der Waals surface area contributed by atoms with Crippen molar-refractivity contribution in [1.82, 2.24) is 5.43 Å². The van der Waals surface area contributed by atoms with Gasteiger partial charge in [-0.3, -0.25) is 11.3 Å². The molecule has 0 fully saturated rings. The maximum atomic E-state index is 14.2. The molecule has 2 aromatic rings. The van der Waals surface area contributed by atoms with Crippen molar-refractivity contribution in [1.29, 1.82) is 0 Å². The van der Waals surface area contributed by atoms with Crippen LogP contribution in [0, 0.1) is 5.82 Å². The average Bonchev–Trinajstić information content (AvgIpc) is 2.50. The van der Waals surface area contributed by atoms with Gasteiger partial charge >= 0.3 is 0 Å². The van der Waals surface area contributed by atoms with Crippen molar-refractivity contribution in [2.75, 3.05) is 7.11 Å². The van der Waals surface area contributed by atoms with E-state index in [9.17, 15) is 4.39 Å². The Morgan fingerprint density at radius 1 is 1.15 bits per heavy atom. The molecule has 0 spiro atoms. The van der Waals surface area contributed by atoms with Gasteiger partial charge in [-0.1, -0.05) is 42.5 Å². The molecule has 0 amide bonds. The molecule has 0 aromatic heterocycles. The van der Waals surface area contributed by atoms with Crippen molar-refractivity contribution in [3.8, 4) is 5.75 Å². The predicted octanol–water partition coefficient (Wildman–Crippen LogP) is 2.97. The molecule has 0 heterocycles. The summed E-state index contributed by atoms with van der Waals surface area (Å²) in [6.07, 6.45) is 1.54. The first-order valence-electron chi connectivity index (χ1n) is 6.58. The lowest BCUT2D eigenvalue weighted by molar-refractivity contribution is 0.378. The Morgan fingerprint density at radius 2 is 1.90 bits per heavy atom. The third-order valence-corrected chi connectivity index (χ3v) is 3.35. The number of benzene rings is 2. The van der Waals surface area contributed by atoms with Crippen LogP contribution in [0.5, 0.6) is 5.75 Å². The van der Waals surface area contributed by atoms with Crippen molar-refractivity contribution < 1.29 is 9.13 Å². The van der Waals surface area contributed by atoms with Crippen LogP contribution in [0.2, 0.25) is 0 Å². The minimum atomic E-state index is -0.356. The summed E-state index contributed by atoms with van der Waals surface area (Å²) < 4.78 is 19.2. The van der Waals surface area contributed by atoms with Gasteiger partial charge in [0.2, 0.25) is 0 Å². The molecule has 0 saturated carbocycles. The maximum Gasteiger partial charge on any atom is 0.169 e. The zero-order valence-corrected chi connectivity index (χ0v) is 11.5. The highest BCUT2D eigenvalue weighted by atomic mass is 19.1. The monoisotopic (exact) mass is 274 g/mol. The smallest absolute Gasteiger partial charge is 0.169 e. The Hall–Kier alpha value is -1.91. The number of methoxy groups -OCH3 is 1. The van der Waals surface area contributed by atoms with Gasteiger partial charge in [0.1, 0.15) is 0 Å². The van der Waals surface area contributed by atoms with E-state index >= 15 is 0 Å². The van der Waals surface area contributed by atoms with Gasteiger partial charge < -0.3 is 4.74 Å². The van der Waals surface area contributed by atoms with E-state index in [1.165, 1.54) is 12.7 Å². The van der Waals surface area contributed by atoms with Crippen molar-refractivity contribution in [2.24, 2.45) is 5.84 Å². The Bertz CT molecular complexity index is 545. The highest BCUT2D eigenvalue weighted by Crippen LogP contribution is 2.27. The second kappa shape index (κ2) is 7.03. The number of nitrogens with two attached hydrogens (primary N) is 1. The first kappa shape index (κ1) is 14.5. The zero-order chi connectivity index (χ0) is 14.4. The average molecular weight is 274 g/mol. The Labute approximate surface area is 118 Å². The van der Waals surface area contributed by atoms with Gasteiger partial charge in [0.05, 0.1) is 7.11 Å². The van der Waals surface area contributed by atoms with Gasteiger partial charge in [0, 0.05) is 11.6 Å². The van der Waals surface area contributed by atoms with E-state index in [-0.39, 0.29) is 17.6 Å². The molecule has 0 saturated heterocycles. The quantitative estimate of drug-likeness (QED) is 0.629. The number of rotatable bonds is 6. The molecule has 3 N–H and O–H groups in total. The number of aryl methyl sites for hydroxylation is 1. The molecule has 3 nitrogen and oxygen atoms in total. The van der Waals surface area contributed by atoms with Gasteiger partial charge in [-0.05, 0) is 24.5 Å². The highest BCUT2D eigenvalue weighted by molar-refractivity contribution is 5.33. The van der Waals surface area contributed by atoms with Crippen molar-refractivity contribution in [2.45, 2.75) is 18.9 Å². The number of hydrogen-bond donors (Lipinski definition) is 2. The Balaban J connectivity index is 2.12. The third-order valence-electron chi connectivity index (χ3n) is 3.35. The molecule has 4 heteroatoms. The van der Waals surface area contributed by atoms with Gasteiger partial charge in [-0.2, -0.15) is 0 Å². The number of hydrogen-bond acceptors (Lipinski definition) is 3. The first-order valence-corrected chi connectivity index (χ1v) is 6.58. The first-order chi connectivity index (χ1) is 9.76. The number of ether oxygens (including phenoxy) is 1. The van der Waals surface area contributed by atoms with Crippen LogP contribution >= 0.6 is 0 Å². The number of hydrazine groups is 1. The fourth-order valence-electron chi connectivity index (χ4n) is 2.24. The summed E-state index contributed by atoms with van der Waals surface area (Å²) in [6.45, 7) is 0. The summed E-state index contributed by atoms with van der Waals surface area (Å²) >= 11 is 0. The van der Waals surface area contributed by atoms with E-state index in [0.29, 0.717) is 12.0 Å². The molecule has 20 heavy (non-hydrogen) atoms. The van der Waals surface area contributed by atoms with Gasteiger partial charge in [-0.25, -0.2) is 4.39 Å². The highest BCUT2D eigenvalue weighted by Gasteiger charge is 2.17. The summed E-state index contributed by atoms with van der Waals surface area (Å²) in [7, 11) is 1.46. The Morgan fingerprint density at radius 3 is 2.55 bits per heavy atom. The van der Waals surface area contributed by atoms with Crippen LogP contribution in [0.25, 0.3) is 0 Å². The van der Waals surface area contributed by atoms with E-state index in [2.05, 4.69) is 17.6 Å². The topological polar surface area (TPSA) is 47.3 Å². The standard InChI is InChI=1S/C16H19FN2O/c1-20-15-9-5-8-13(16(15)17)14(19-18)11-10-12-6-3-2-4-7-12/h2-9,14,19H,10-11,18H2,1H3. The Kier molecular flexibility index (Phi) is 5.09. The second-order valence-corrected chi connectivity index (χ2v) is 4.61. The molecule has 106 valence electrons. The summed E-state index contributed by atoms with van der Waals surface area (Å²) in [5.74, 6) is 5.45. The lowest BCUT2D eigenvalue weighted by atomic mass is 9.99. The third kappa shape index (κ3) is 3.35. The number of nitrogens with one attached hydrogen (secondary N) is 1. The molecule has 1 unspecified atom stereocenters. The minimum absolute atomic E-state index is 0.238. The fraction of sp³-hybridized carbons (Fsp3) is 0.250. The number of halogens is 1. The fourth-order valence-corrected chi connectivity index (χ4v) is 2.24. The van der Waals surface area contributed by atoms with E-state index in [0.717, 1.165) is 6.42 Å². The summed E-state index contributed by atoms with van der Waals surface area (Å²) in [5, 5.41) is 0. The summed E-state index contributed by atoms with van der Waals surface area (Å²) in [4.78, 5) is 0. The van der Waals surface area contributed by atoms with Gasteiger partial charge in [0.15, 0.2) is 11.6 Å². The van der Waals surface area contributed by atoms with Crippen LogP contribution in [-0.2, 0) is 6.42 Å². The van der Waals surface area contributed by atoms with Gasteiger partial charge in [0.25, 0.3) is 0 Å². The van der Waals surface area contributed by atoms with Crippen LogP contribution in [0.1, 0.15) is 23.6 Å². The van der Waals surface area contributed by atoms with E-state index < -0.39 is 0 Å². The van der Waals surface area contributed by atoms with Crippen LogP contribution in [0.3, 0.4) is 0 Å². The molecule has 0 aliphatic carbocycles. The minimum Gasteiger partial charge on any atom is -0.494 e. The van der Waals surface area contributed by atoms with Crippen LogP contribution in [0.15, 0.2) is 48.5 Å². The van der Waals surface area contributed by atoms with Crippen LogP contribution < -0.4 is 16.0 Å². The van der Waals surface area contributed by atoms with Gasteiger partial charge in [-0.15, -0.1) is 0 Å². The predicted molar refractivity (Wildman–Crippen MR) is 77.8 cm³/mol. The molecule has 0 aliphatic heterocycles. The molecule has 1 atom stereocenters. The van der Waals surface area contributed by atoms with Crippen molar-refractivity contribution in [3.05, 3.63) is 65.5 Å². The zero-order valence-electron chi connectivity index (χ0n) is 11.5. The summed E-state index contributed by atoms with van der Waals surface area (Å²) in [5.41, 5.74) is 4.42.